The summed E-state index contributed by atoms with van der Waals surface area (Å²) in [5, 5.41) is 10.7. The molecule has 0 bridgehead atoms. The van der Waals surface area contributed by atoms with E-state index in [2.05, 4.69) is 5.16 Å². The van der Waals surface area contributed by atoms with E-state index >= 15 is 0 Å². The van der Waals surface area contributed by atoms with Crippen LogP contribution in [0.2, 0.25) is 0 Å². The fourth-order valence-electron chi connectivity index (χ4n) is 1.02. The van der Waals surface area contributed by atoms with Crippen LogP contribution in [0.5, 0.6) is 0 Å². The summed E-state index contributed by atoms with van der Waals surface area (Å²) in [5.74, 6) is -0.960. The van der Waals surface area contributed by atoms with Crippen molar-refractivity contribution in [1.82, 2.24) is 0 Å². The van der Waals surface area contributed by atoms with E-state index in [1.165, 1.54) is 22.6 Å². The molecule has 7 heteroatoms. The van der Waals surface area contributed by atoms with Gasteiger partial charge in [0.25, 0.3) is 0 Å². The molecular formula is C8H4F4INO. The summed E-state index contributed by atoms with van der Waals surface area (Å²) < 4.78 is 49.9. The van der Waals surface area contributed by atoms with Crippen molar-refractivity contribution in [3.63, 3.8) is 0 Å². The van der Waals surface area contributed by atoms with Gasteiger partial charge in [0, 0.05) is 5.56 Å². The molecule has 0 saturated carbocycles. The Morgan fingerprint density at radius 2 is 1.93 bits per heavy atom. The summed E-state index contributed by atoms with van der Waals surface area (Å²) in [4.78, 5) is 0. The van der Waals surface area contributed by atoms with E-state index in [1.807, 2.05) is 0 Å². The van der Waals surface area contributed by atoms with Crippen LogP contribution in [-0.4, -0.2) is 11.4 Å². The van der Waals surface area contributed by atoms with E-state index < -0.39 is 21.1 Å². The van der Waals surface area contributed by atoms with Crippen LogP contribution >= 0.6 is 22.6 Å². The minimum Gasteiger partial charge on any atom is -0.411 e. The molecule has 15 heavy (non-hydrogen) atoms. The molecule has 0 atom stereocenters. The maximum absolute atomic E-state index is 12.9. The van der Waals surface area contributed by atoms with Gasteiger partial charge in [-0.3, -0.25) is 0 Å². The van der Waals surface area contributed by atoms with Crippen LogP contribution in [0.1, 0.15) is 11.1 Å². The highest BCUT2D eigenvalue weighted by atomic mass is 127. The largest absolute Gasteiger partial charge is 0.418 e. The molecule has 1 aromatic rings. The number of halogens is 5. The van der Waals surface area contributed by atoms with Crippen LogP contribution in [0.15, 0.2) is 17.3 Å². The van der Waals surface area contributed by atoms with Gasteiger partial charge in [-0.05, 0) is 34.7 Å². The van der Waals surface area contributed by atoms with E-state index in [0.717, 1.165) is 12.1 Å². The first-order valence-electron chi connectivity index (χ1n) is 3.60. The van der Waals surface area contributed by atoms with E-state index in [1.54, 1.807) is 0 Å². The van der Waals surface area contributed by atoms with Crippen molar-refractivity contribution in [2.75, 3.05) is 0 Å². The third-order valence-electron chi connectivity index (χ3n) is 1.61. The molecule has 0 amide bonds. The molecule has 82 valence electrons. The van der Waals surface area contributed by atoms with Crippen molar-refractivity contribution >= 4 is 28.8 Å². The SMILES string of the molecule is O/N=C/c1ccc(F)c(I)c1C(F)(F)F. The second-order valence-electron chi connectivity index (χ2n) is 2.57. The molecule has 1 N–H and O–H groups in total. The molecule has 1 rings (SSSR count). The molecule has 0 aliphatic heterocycles. The predicted octanol–water partition coefficient (Wildman–Crippen LogP) is 3.26. The number of rotatable bonds is 1. The van der Waals surface area contributed by atoms with Crippen LogP contribution in [0.3, 0.4) is 0 Å². The predicted molar refractivity (Wildman–Crippen MR) is 53.5 cm³/mol. The number of oxime groups is 1. The number of benzene rings is 1. The Hall–Kier alpha value is -0.860. The summed E-state index contributed by atoms with van der Waals surface area (Å²) in [6.07, 6.45) is -4.07. The Balaban J connectivity index is 3.49. The zero-order valence-electron chi connectivity index (χ0n) is 7.02. The van der Waals surface area contributed by atoms with Crippen molar-refractivity contribution in [1.29, 1.82) is 0 Å². The molecule has 0 saturated heterocycles. The van der Waals surface area contributed by atoms with Gasteiger partial charge in [0.15, 0.2) is 0 Å². The Morgan fingerprint density at radius 1 is 1.33 bits per heavy atom. The molecule has 0 fully saturated rings. The topological polar surface area (TPSA) is 32.6 Å². The maximum Gasteiger partial charge on any atom is 0.418 e. The lowest BCUT2D eigenvalue weighted by atomic mass is 10.1. The second-order valence-corrected chi connectivity index (χ2v) is 3.65. The van der Waals surface area contributed by atoms with Crippen molar-refractivity contribution < 1.29 is 22.8 Å². The summed E-state index contributed by atoms with van der Waals surface area (Å²) in [7, 11) is 0. The first-order valence-corrected chi connectivity index (χ1v) is 4.68. The minimum atomic E-state index is -4.69. The second kappa shape index (κ2) is 4.33. The van der Waals surface area contributed by atoms with Gasteiger partial charge < -0.3 is 5.21 Å². The zero-order chi connectivity index (χ0) is 11.6. The summed E-state index contributed by atoms with van der Waals surface area (Å²) in [6.45, 7) is 0. The summed E-state index contributed by atoms with van der Waals surface area (Å²) in [5.41, 5.74) is -1.52. The van der Waals surface area contributed by atoms with E-state index in [-0.39, 0.29) is 5.56 Å². The van der Waals surface area contributed by atoms with Crippen molar-refractivity contribution in [2.45, 2.75) is 6.18 Å². The molecule has 0 aliphatic carbocycles. The zero-order valence-corrected chi connectivity index (χ0v) is 9.17. The van der Waals surface area contributed by atoms with Crippen molar-refractivity contribution in [3.05, 3.63) is 32.6 Å². The van der Waals surface area contributed by atoms with Gasteiger partial charge in [-0.15, -0.1) is 0 Å². The number of nitrogens with zero attached hydrogens (tertiary/aromatic N) is 1. The number of hydrogen-bond donors (Lipinski definition) is 1. The smallest absolute Gasteiger partial charge is 0.411 e. The number of hydrogen-bond acceptors (Lipinski definition) is 2. The Labute approximate surface area is 95.7 Å². The molecular weight excluding hydrogens is 329 g/mol. The molecule has 0 heterocycles. The Morgan fingerprint density at radius 3 is 2.40 bits per heavy atom. The average Bonchev–Trinajstić information content (AvgIpc) is 2.10. The molecule has 0 radical (unpaired) electrons. The third kappa shape index (κ3) is 2.58. The highest BCUT2D eigenvalue weighted by Gasteiger charge is 2.36. The fourth-order valence-corrected chi connectivity index (χ4v) is 1.82. The average molecular weight is 333 g/mol. The standard InChI is InChI=1S/C8H4F4INO/c9-5-2-1-4(3-14-15)6(7(5)13)8(10,11)12/h1-3,15H/b14-3+. The Bertz CT molecular complexity index is 402. The van der Waals surface area contributed by atoms with Crippen molar-refractivity contribution in [2.24, 2.45) is 5.16 Å². The molecule has 0 unspecified atom stereocenters. The molecule has 0 aromatic heterocycles. The van der Waals surface area contributed by atoms with Gasteiger partial charge in [0.1, 0.15) is 5.82 Å². The van der Waals surface area contributed by atoms with E-state index in [4.69, 9.17) is 5.21 Å². The molecule has 0 spiro atoms. The molecule has 1 aromatic carbocycles. The first-order chi connectivity index (χ1) is 6.88. The normalized spacial score (nSPS) is 12.3. The van der Waals surface area contributed by atoms with Gasteiger partial charge in [0.05, 0.1) is 15.3 Å². The van der Waals surface area contributed by atoms with Crippen LogP contribution in [0, 0.1) is 9.39 Å². The minimum absolute atomic E-state index is 0.379. The summed E-state index contributed by atoms with van der Waals surface area (Å²) >= 11 is 1.26. The lowest BCUT2D eigenvalue weighted by molar-refractivity contribution is -0.138. The van der Waals surface area contributed by atoms with Crippen molar-refractivity contribution in [3.8, 4) is 0 Å². The molecule has 0 aliphatic rings. The maximum atomic E-state index is 12.9. The van der Waals surface area contributed by atoms with Gasteiger partial charge in [-0.2, -0.15) is 13.2 Å². The lowest BCUT2D eigenvalue weighted by Crippen LogP contribution is -2.12. The Kier molecular flexibility index (Phi) is 3.53. The first kappa shape index (κ1) is 12.2. The van der Waals surface area contributed by atoms with Crippen LogP contribution < -0.4 is 0 Å². The number of alkyl halides is 3. The van der Waals surface area contributed by atoms with Gasteiger partial charge >= 0.3 is 6.18 Å². The third-order valence-corrected chi connectivity index (χ3v) is 2.66. The van der Waals surface area contributed by atoms with Crippen LogP contribution in [0.25, 0.3) is 0 Å². The lowest BCUT2D eigenvalue weighted by Gasteiger charge is -2.12. The summed E-state index contributed by atoms with van der Waals surface area (Å²) in [6, 6.07) is 1.79. The van der Waals surface area contributed by atoms with Gasteiger partial charge in [-0.1, -0.05) is 5.16 Å². The van der Waals surface area contributed by atoms with E-state index in [9.17, 15) is 17.6 Å². The van der Waals surface area contributed by atoms with E-state index in [0.29, 0.717) is 6.21 Å². The monoisotopic (exact) mass is 333 g/mol. The fraction of sp³-hybridized carbons (Fsp3) is 0.125. The highest BCUT2D eigenvalue weighted by molar-refractivity contribution is 14.1. The quantitative estimate of drug-likeness (QED) is 0.276. The van der Waals surface area contributed by atoms with Crippen LogP contribution in [0.4, 0.5) is 17.6 Å². The van der Waals surface area contributed by atoms with Gasteiger partial charge in [0.2, 0.25) is 0 Å². The van der Waals surface area contributed by atoms with Gasteiger partial charge in [-0.25, -0.2) is 4.39 Å². The van der Waals surface area contributed by atoms with Crippen LogP contribution in [-0.2, 0) is 6.18 Å². The highest BCUT2D eigenvalue weighted by Crippen LogP contribution is 2.35. The molecule has 2 nitrogen and oxygen atoms in total.